The van der Waals surface area contributed by atoms with Gasteiger partial charge in [0.15, 0.2) is 17.4 Å². The number of hydrogen-bond donors (Lipinski definition) is 1. The molecule has 0 atom stereocenters. The number of rotatable bonds is 3. The fourth-order valence-corrected chi connectivity index (χ4v) is 1.90. The van der Waals surface area contributed by atoms with Gasteiger partial charge in [0.1, 0.15) is 0 Å². The van der Waals surface area contributed by atoms with Crippen molar-refractivity contribution in [3.63, 3.8) is 0 Å². The summed E-state index contributed by atoms with van der Waals surface area (Å²) in [7, 11) is -2.19. The van der Waals surface area contributed by atoms with Crippen molar-refractivity contribution in [2.75, 3.05) is 0 Å². The van der Waals surface area contributed by atoms with Crippen LogP contribution in [-0.4, -0.2) is 19.4 Å². The normalized spacial score (nSPS) is 11.3. The summed E-state index contributed by atoms with van der Waals surface area (Å²) < 4.78 is 32.1. The van der Waals surface area contributed by atoms with Crippen molar-refractivity contribution in [1.82, 2.24) is 0 Å². The van der Waals surface area contributed by atoms with Crippen LogP contribution in [0.1, 0.15) is 10.4 Å². The first-order valence-electron chi connectivity index (χ1n) is 4.62. The van der Waals surface area contributed by atoms with Gasteiger partial charge in [-0.1, -0.05) is 0 Å². The molecule has 0 radical (unpaired) electrons. The zero-order chi connectivity index (χ0) is 12.5. The van der Waals surface area contributed by atoms with E-state index in [1.807, 2.05) is 0 Å². The molecule has 0 aliphatic rings. The quantitative estimate of drug-likeness (QED) is 0.834. The molecule has 1 aromatic rings. The Morgan fingerprint density at radius 2 is 1.88 bits per heavy atom. The van der Waals surface area contributed by atoms with Gasteiger partial charge in [0.05, 0.1) is 5.56 Å². The van der Waals surface area contributed by atoms with Crippen LogP contribution >= 0.6 is 0 Å². The van der Waals surface area contributed by atoms with Crippen LogP contribution < -0.4 is 4.43 Å². The third kappa shape index (κ3) is 2.79. The average Bonchev–Trinajstić information content (AvgIpc) is 2.10. The number of halogens is 2. The van der Waals surface area contributed by atoms with E-state index < -0.39 is 37.2 Å². The second-order valence-electron chi connectivity index (χ2n) is 4.26. The smallest absolute Gasteiger partial charge is 0.338 e. The molecule has 88 valence electrons. The summed E-state index contributed by atoms with van der Waals surface area (Å²) in [6.45, 7) is 5.25. The molecular weight excluding hydrogens is 234 g/mol. The second-order valence-corrected chi connectivity index (χ2v) is 8.69. The number of carboxylic acids is 1. The predicted molar refractivity (Wildman–Crippen MR) is 57.3 cm³/mol. The van der Waals surface area contributed by atoms with E-state index in [-0.39, 0.29) is 0 Å². The molecule has 16 heavy (non-hydrogen) atoms. The SMILES string of the molecule is C[Si](C)(C)Oc1c(F)ccc(C(=O)O)c1F. The van der Waals surface area contributed by atoms with Gasteiger partial charge < -0.3 is 9.53 Å². The summed E-state index contributed by atoms with van der Waals surface area (Å²) in [6, 6.07) is 1.77. The molecule has 1 rings (SSSR count). The maximum Gasteiger partial charge on any atom is 0.338 e. The average molecular weight is 246 g/mol. The Bertz CT molecular complexity index is 427. The van der Waals surface area contributed by atoms with Crippen molar-refractivity contribution in [3.05, 3.63) is 29.3 Å². The summed E-state index contributed by atoms with van der Waals surface area (Å²) in [4.78, 5) is 10.6. The molecule has 0 heterocycles. The molecule has 0 aromatic heterocycles. The third-order valence-electron chi connectivity index (χ3n) is 1.69. The van der Waals surface area contributed by atoms with Crippen molar-refractivity contribution < 1.29 is 23.1 Å². The number of carboxylic acid groups (broad SMARTS) is 1. The number of aromatic carboxylic acids is 1. The predicted octanol–water partition coefficient (Wildman–Crippen LogP) is 2.88. The van der Waals surface area contributed by atoms with Crippen LogP contribution in [0.2, 0.25) is 19.6 Å². The molecule has 0 saturated heterocycles. The first-order chi connectivity index (χ1) is 7.22. The van der Waals surface area contributed by atoms with Gasteiger partial charge in [-0.05, 0) is 31.8 Å². The molecule has 0 amide bonds. The van der Waals surface area contributed by atoms with Gasteiger partial charge in [-0.25, -0.2) is 13.6 Å². The molecule has 0 aliphatic heterocycles. The Morgan fingerprint density at radius 1 is 1.31 bits per heavy atom. The fourth-order valence-electron chi connectivity index (χ4n) is 1.10. The molecule has 6 heteroatoms. The second kappa shape index (κ2) is 4.21. The topological polar surface area (TPSA) is 46.5 Å². The third-order valence-corrected chi connectivity index (χ3v) is 2.50. The summed E-state index contributed by atoms with van der Waals surface area (Å²) in [6.07, 6.45) is 0. The van der Waals surface area contributed by atoms with Gasteiger partial charge in [0.25, 0.3) is 0 Å². The first-order valence-corrected chi connectivity index (χ1v) is 8.03. The standard InChI is InChI=1S/C10H12F2O3Si/c1-16(2,3)15-9-7(11)5-4-6(8(9)12)10(13)14/h4-5H,1-3H3,(H,13,14). The van der Waals surface area contributed by atoms with Gasteiger partial charge >= 0.3 is 5.97 Å². The highest BCUT2D eigenvalue weighted by Crippen LogP contribution is 2.27. The van der Waals surface area contributed by atoms with E-state index >= 15 is 0 Å². The zero-order valence-corrected chi connectivity index (χ0v) is 10.2. The Kier molecular flexibility index (Phi) is 3.32. The molecule has 0 fully saturated rings. The van der Waals surface area contributed by atoms with Crippen LogP contribution in [0, 0.1) is 11.6 Å². The van der Waals surface area contributed by atoms with Crippen molar-refractivity contribution in [2.24, 2.45) is 0 Å². The van der Waals surface area contributed by atoms with Crippen LogP contribution in [0.25, 0.3) is 0 Å². The van der Waals surface area contributed by atoms with Crippen molar-refractivity contribution in [1.29, 1.82) is 0 Å². The van der Waals surface area contributed by atoms with Crippen molar-refractivity contribution in [2.45, 2.75) is 19.6 Å². The highest BCUT2D eigenvalue weighted by Gasteiger charge is 2.24. The minimum Gasteiger partial charge on any atom is -0.540 e. The highest BCUT2D eigenvalue weighted by atomic mass is 28.4. The monoisotopic (exact) mass is 246 g/mol. The largest absolute Gasteiger partial charge is 0.540 e. The molecule has 0 unspecified atom stereocenters. The highest BCUT2D eigenvalue weighted by molar-refractivity contribution is 6.70. The van der Waals surface area contributed by atoms with Gasteiger partial charge in [0, 0.05) is 0 Å². The molecule has 0 bridgehead atoms. The lowest BCUT2D eigenvalue weighted by molar-refractivity contribution is 0.0691. The van der Waals surface area contributed by atoms with E-state index in [2.05, 4.69) is 0 Å². The van der Waals surface area contributed by atoms with Crippen LogP contribution in [-0.2, 0) is 0 Å². The summed E-state index contributed by atoms with van der Waals surface area (Å²) in [5, 5.41) is 8.67. The Morgan fingerprint density at radius 3 is 2.31 bits per heavy atom. The number of benzene rings is 1. The van der Waals surface area contributed by atoms with Crippen LogP contribution in [0.15, 0.2) is 12.1 Å². The van der Waals surface area contributed by atoms with Crippen LogP contribution in [0.4, 0.5) is 8.78 Å². The van der Waals surface area contributed by atoms with E-state index in [9.17, 15) is 13.6 Å². The summed E-state index contributed by atoms with van der Waals surface area (Å²) >= 11 is 0. The van der Waals surface area contributed by atoms with Gasteiger partial charge in [-0.3, -0.25) is 0 Å². The Balaban J connectivity index is 3.27. The van der Waals surface area contributed by atoms with Gasteiger partial charge in [-0.2, -0.15) is 0 Å². The van der Waals surface area contributed by atoms with E-state index in [0.717, 1.165) is 12.1 Å². The van der Waals surface area contributed by atoms with E-state index in [0.29, 0.717) is 0 Å². The zero-order valence-electron chi connectivity index (χ0n) is 9.17. The van der Waals surface area contributed by atoms with E-state index in [1.54, 1.807) is 19.6 Å². The van der Waals surface area contributed by atoms with E-state index in [4.69, 9.17) is 9.53 Å². The van der Waals surface area contributed by atoms with Crippen LogP contribution in [0.5, 0.6) is 5.75 Å². The fraction of sp³-hybridized carbons (Fsp3) is 0.300. The molecule has 0 saturated carbocycles. The minimum absolute atomic E-state index is 0.588. The Labute approximate surface area is 92.8 Å². The molecule has 0 spiro atoms. The maximum atomic E-state index is 13.6. The van der Waals surface area contributed by atoms with Gasteiger partial charge in [-0.15, -0.1) is 0 Å². The molecule has 1 aromatic carbocycles. The lowest BCUT2D eigenvalue weighted by Gasteiger charge is -2.20. The minimum atomic E-state index is -2.19. The lowest BCUT2D eigenvalue weighted by Crippen LogP contribution is -2.30. The Hall–Kier alpha value is -1.43. The molecule has 1 N–H and O–H groups in total. The number of carbonyl (C=O) groups is 1. The first kappa shape index (κ1) is 12.6. The van der Waals surface area contributed by atoms with E-state index in [1.165, 1.54) is 0 Å². The number of hydrogen-bond acceptors (Lipinski definition) is 2. The summed E-state index contributed by atoms with van der Waals surface area (Å²) in [5.41, 5.74) is -0.588. The van der Waals surface area contributed by atoms with Crippen molar-refractivity contribution in [3.8, 4) is 5.75 Å². The molecule has 0 aliphatic carbocycles. The summed E-state index contributed by atoms with van der Waals surface area (Å²) in [5.74, 6) is -4.09. The molecule has 3 nitrogen and oxygen atoms in total. The maximum absolute atomic E-state index is 13.6. The van der Waals surface area contributed by atoms with Gasteiger partial charge in [0.2, 0.25) is 8.32 Å². The van der Waals surface area contributed by atoms with Crippen LogP contribution in [0.3, 0.4) is 0 Å². The molecular formula is C10H12F2O3Si. The van der Waals surface area contributed by atoms with Crippen molar-refractivity contribution >= 4 is 14.3 Å². The lowest BCUT2D eigenvalue weighted by atomic mass is 10.2.